The summed E-state index contributed by atoms with van der Waals surface area (Å²) in [6.07, 6.45) is 15.4. The Morgan fingerprint density at radius 3 is 1.79 bits per heavy atom. The molecule has 6 heteroatoms. The van der Waals surface area contributed by atoms with Gasteiger partial charge >= 0.3 is 6.03 Å². The van der Waals surface area contributed by atoms with Gasteiger partial charge in [-0.1, -0.05) is 77.6 Å². The van der Waals surface area contributed by atoms with Gasteiger partial charge in [0.25, 0.3) is 5.91 Å². The van der Waals surface area contributed by atoms with Crippen LogP contribution in [0.15, 0.2) is 24.3 Å². The molecule has 0 saturated carbocycles. The predicted molar refractivity (Wildman–Crippen MR) is 113 cm³/mol. The molecule has 6 nitrogen and oxygen atoms in total. The van der Waals surface area contributed by atoms with E-state index in [1.165, 1.54) is 88.5 Å². The van der Waals surface area contributed by atoms with E-state index in [-0.39, 0.29) is 5.75 Å². The molecule has 0 radical (unpaired) electrons. The van der Waals surface area contributed by atoms with Gasteiger partial charge in [-0.05, 0) is 30.7 Å². The Morgan fingerprint density at radius 1 is 0.750 bits per heavy atom. The minimum atomic E-state index is -0.430. The van der Waals surface area contributed by atoms with Crippen molar-refractivity contribution in [2.45, 2.75) is 84.0 Å². The molecule has 1 rings (SSSR count). The van der Waals surface area contributed by atoms with Gasteiger partial charge in [-0.3, -0.25) is 10.2 Å². The zero-order chi connectivity index (χ0) is 20.5. The zero-order valence-electron chi connectivity index (χ0n) is 17.3. The van der Waals surface area contributed by atoms with Gasteiger partial charge in [-0.15, -0.1) is 0 Å². The van der Waals surface area contributed by atoms with E-state index < -0.39 is 11.9 Å². The van der Waals surface area contributed by atoms with Gasteiger partial charge in [0, 0.05) is 12.1 Å². The number of hydrogen-bond acceptors (Lipinski definition) is 3. The van der Waals surface area contributed by atoms with E-state index >= 15 is 0 Å². The van der Waals surface area contributed by atoms with Crippen LogP contribution < -0.4 is 16.2 Å². The van der Waals surface area contributed by atoms with E-state index in [2.05, 4.69) is 23.1 Å². The van der Waals surface area contributed by atoms with Crippen LogP contribution >= 0.6 is 0 Å². The minimum absolute atomic E-state index is 0.0876. The van der Waals surface area contributed by atoms with Crippen molar-refractivity contribution in [2.24, 2.45) is 0 Å². The quantitative estimate of drug-likeness (QED) is 0.265. The Bertz CT molecular complexity index is 546. The molecule has 0 fully saturated rings. The molecule has 1 aromatic rings. The number of urea groups is 1. The third-order valence-electron chi connectivity index (χ3n) is 4.73. The number of rotatable bonds is 14. The fourth-order valence-corrected chi connectivity index (χ4v) is 3.01. The maximum Gasteiger partial charge on any atom is 0.333 e. The normalized spacial score (nSPS) is 10.5. The van der Waals surface area contributed by atoms with Crippen LogP contribution in [-0.2, 0) is 0 Å². The van der Waals surface area contributed by atoms with Crippen LogP contribution in [0.25, 0.3) is 0 Å². The van der Waals surface area contributed by atoms with Crippen LogP contribution in [0.1, 0.15) is 94.3 Å². The van der Waals surface area contributed by atoms with Gasteiger partial charge in [-0.2, -0.15) is 0 Å². The van der Waals surface area contributed by atoms with Crippen molar-refractivity contribution in [3.05, 3.63) is 29.8 Å². The number of hydrazine groups is 1. The van der Waals surface area contributed by atoms with E-state index in [9.17, 15) is 14.7 Å². The third kappa shape index (κ3) is 12.2. The Balaban J connectivity index is 1.90. The van der Waals surface area contributed by atoms with Crippen LogP contribution in [0.2, 0.25) is 0 Å². The standard InChI is InChI=1S/C22H37N3O3/c1-2-3-4-5-6-7-8-9-10-11-12-13-18-23-22(28)25-24-21(27)19-14-16-20(26)17-15-19/h14-17,26H,2-13,18H2,1H3,(H,24,27)(H2,23,25,28). The first kappa shape index (κ1) is 23.8. The first-order valence-electron chi connectivity index (χ1n) is 10.8. The molecule has 0 spiro atoms. The second-order valence-corrected chi connectivity index (χ2v) is 7.27. The molecule has 4 N–H and O–H groups in total. The average Bonchev–Trinajstić information content (AvgIpc) is 2.70. The largest absolute Gasteiger partial charge is 0.508 e. The average molecular weight is 392 g/mol. The minimum Gasteiger partial charge on any atom is -0.508 e. The zero-order valence-corrected chi connectivity index (χ0v) is 17.3. The molecule has 0 aliphatic rings. The summed E-state index contributed by atoms with van der Waals surface area (Å²) in [7, 11) is 0. The molecule has 1 aromatic carbocycles. The molecule has 0 unspecified atom stereocenters. The summed E-state index contributed by atoms with van der Waals surface area (Å²) in [5, 5.41) is 11.9. The van der Waals surface area contributed by atoms with Crippen LogP contribution in [0, 0.1) is 0 Å². The lowest BCUT2D eigenvalue weighted by Crippen LogP contribution is -2.47. The van der Waals surface area contributed by atoms with Crippen molar-refractivity contribution < 1.29 is 14.7 Å². The molecule has 0 aromatic heterocycles. The Hall–Kier alpha value is -2.24. The van der Waals surface area contributed by atoms with E-state index in [0.29, 0.717) is 12.1 Å². The van der Waals surface area contributed by atoms with Crippen molar-refractivity contribution in [3.8, 4) is 5.75 Å². The first-order valence-corrected chi connectivity index (χ1v) is 10.8. The highest BCUT2D eigenvalue weighted by molar-refractivity contribution is 5.95. The van der Waals surface area contributed by atoms with Crippen LogP contribution in [0.3, 0.4) is 0 Å². The Kier molecular flexibility index (Phi) is 13.4. The van der Waals surface area contributed by atoms with Crippen LogP contribution in [0.5, 0.6) is 5.75 Å². The number of aromatic hydroxyl groups is 1. The molecule has 0 bridgehead atoms. The smallest absolute Gasteiger partial charge is 0.333 e. The molecule has 28 heavy (non-hydrogen) atoms. The van der Waals surface area contributed by atoms with E-state index in [1.807, 2.05) is 0 Å². The SMILES string of the molecule is CCCCCCCCCCCCCCNC(=O)NNC(=O)c1ccc(O)cc1. The van der Waals surface area contributed by atoms with Gasteiger partial charge in [-0.25, -0.2) is 10.2 Å². The van der Waals surface area contributed by atoms with Crippen molar-refractivity contribution in [1.82, 2.24) is 16.2 Å². The van der Waals surface area contributed by atoms with E-state index in [1.54, 1.807) is 0 Å². The van der Waals surface area contributed by atoms with Crippen molar-refractivity contribution in [2.75, 3.05) is 6.54 Å². The Morgan fingerprint density at radius 2 is 1.25 bits per heavy atom. The molecular formula is C22H37N3O3. The summed E-state index contributed by atoms with van der Waals surface area (Å²) >= 11 is 0. The maximum atomic E-state index is 11.8. The van der Waals surface area contributed by atoms with Gasteiger partial charge in [0.05, 0.1) is 0 Å². The monoisotopic (exact) mass is 391 g/mol. The Labute approximate surface area is 169 Å². The van der Waals surface area contributed by atoms with Gasteiger partial charge < -0.3 is 10.4 Å². The lowest BCUT2D eigenvalue weighted by atomic mass is 10.1. The molecular weight excluding hydrogens is 354 g/mol. The highest BCUT2D eigenvalue weighted by Gasteiger charge is 2.06. The third-order valence-corrected chi connectivity index (χ3v) is 4.73. The lowest BCUT2D eigenvalue weighted by Gasteiger charge is -2.09. The predicted octanol–water partition coefficient (Wildman–Crippen LogP) is 5.04. The number of unbranched alkanes of at least 4 members (excludes halogenated alkanes) is 11. The number of carbonyl (C=O) groups is 2. The highest BCUT2D eigenvalue weighted by atomic mass is 16.3. The summed E-state index contributed by atoms with van der Waals surface area (Å²) in [5.41, 5.74) is 5.02. The summed E-state index contributed by atoms with van der Waals surface area (Å²) in [6.45, 7) is 2.85. The number of carbonyl (C=O) groups excluding carboxylic acids is 2. The van der Waals surface area contributed by atoms with Crippen LogP contribution in [0.4, 0.5) is 4.79 Å². The van der Waals surface area contributed by atoms with Gasteiger partial charge in [0.15, 0.2) is 0 Å². The van der Waals surface area contributed by atoms with Crippen LogP contribution in [-0.4, -0.2) is 23.6 Å². The number of nitrogens with one attached hydrogen (secondary N) is 3. The molecule has 0 atom stereocenters. The molecule has 0 heterocycles. The number of phenols is 1. The summed E-state index contributed by atoms with van der Waals surface area (Å²) < 4.78 is 0. The molecule has 3 amide bonds. The fourth-order valence-electron chi connectivity index (χ4n) is 3.01. The highest BCUT2D eigenvalue weighted by Crippen LogP contribution is 2.12. The lowest BCUT2D eigenvalue weighted by molar-refractivity contribution is 0.0936. The molecule has 0 aliphatic heterocycles. The summed E-state index contributed by atoms with van der Waals surface area (Å²) in [6, 6.07) is 5.38. The number of benzene rings is 1. The van der Waals surface area contributed by atoms with Gasteiger partial charge in [0.2, 0.25) is 0 Å². The fraction of sp³-hybridized carbons (Fsp3) is 0.636. The summed E-state index contributed by atoms with van der Waals surface area (Å²) in [4.78, 5) is 23.5. The van der Waals surface area contributed by atoms with Crippen molar-refractivity contribution >= 4 is 11.9 Å². The van der Waals surface area contributed by atoms with E-state index in [0.717, 1.165) is 12.8 Å². The molecule has 158 valence electrons. The second-order valence-electron chi connectivity index (χ2n) is 7.27. The van der Waals surface area contributed by atoms with E-state index in [4.69, 9.17) is 0 Å². The number of hydrogen-bond donors (Lipinski definition) is 4. The van der Waals surface area contributed by atoms with Crippen molar-refractivity contribution in [3.63, 3.8) is 0 Å². The van der Waals surface area contributed by atoms with Gasteiger partial charge in [0.1, 0.15) is 5.75 Å². The van der Waals surface area contributed by atoms with Crippen molar-refractivity contribution in [1.29, 1.82) is 0 Å². The number of phenolic OH excluding ortho intramolecular Hbond substituents is 1. The molecule has 0 aliphatic carbocycles. The molecule has 0 saturated heterocycles. The number of amides is 3. The second kappa shape index (κ2) is 15.8. The first-order chi connectivity index (χ1) is 13.6. The topological polar surface area (TPSA) is 90.5 Å². The maximum absolute atomic E-state index is 11.8. The summed E-state index contributed by atoms with van der Waals surface area (Å²) in [5.74, 6) is -0.342.